The fraction of sp³-hybridized carbons (Fsp3) is 1.00. The number of hydrogen-bond acceptors (Lipinski definition) is 1. The van der Waals surface area contributed by atoms with Crippen molar-refractivity contribution >= 4 is 0 Å². The van der Waals surface area contributed by atoms with Crippen molar-refractivity contribution in [3.8, 4) is 0 Å². The Morgan fingerprint density at radius 1 is 0.833 bits per heavy atom. The first-order valence-electron chi connectivity index (χ1n) is 8.51. The van der Waals surface area contributed by atoms with Gasteiger partial charge in [0, 0.05) is 5.54 Å². The summed E-state index contributed by atoms with van der Waals surface area (Å²) in [6.07, 6.45) is 16.1. The van der Waals surface area contributed by atoms with Gasteiger partial charge < -0.3 is 5.73 Å². The Bertz CT molecular complexity index is 288. The topological polar surface area (TPSA) is 26.0 Å². The van der Waals surface area contributed by atoms with E-state index in [0.717, 1.165) is 29.6 Å². The molecule has 0 radical (unpaired) electrons. The molecule has 0 heterocycles. The van der Waals surface area contributed by atoms with Crippen LogP contribution in [-0.2, 0) is 0 Å². The van der Waals surface area contributed by atoms with Crippen molar-refractivity contribution in [2.24, 2.45) is 35.3 Å². The van der Waals surface area contributed by atoms with Gasteiger partial charge in [0.15, 0.2) is 0 Å². The molecule has 2 N–H and O–H groups in total. The van der Waals surface area contributed by atoms with Gasteiger partial charge in [0.1, 0.15) is 0 Å². The summed E-state index contributed by atoms with van der Waals surface area (Å²) in [6, 6.07) is 0. The summed E-state index contributed by atoms with van der Waals surface area (Å²) in [6.45, 7) is 0. The van der Waals surface area contributed by atoms with E-state index in [4.69, 9.17) is 5.73 Å². The van der Waals surface area contributed by atoms with Crippen molar-refractivity contribution < 1.29 is 0 Å². The van der Waals surface area contributed by atoms with Gasteiger partial charge in [0.25, 0.3) is 0 Å². The summed E-state index contributed by atoms with van der Waals surface area (Å²) in [4.78, 5) is 0. The smallest absolute Gasteiger partial charge is 0.0154 e. The third-order valence-corrected chi connectivity index (χ3v) is 7.00. The first-order chi connectivity index (χ1) is 8.72. The highest BCUT2D eigenvalue weighted by Crippen LogP contribution is 2.58. The summed E-state index contributed by atoms with van der Waals surface area (Å²) in [5.41, 5.74) is 6.81. The molecule has 0 aromatic carbocycles. The number of nitrogens with two attached hydrogens (primary N) is 1. The van der Waals surface area contributed by atoms with Crippen LogP contribution in [-0.4, -0.2) is 5.54 Å². The first-order valence-corrected chi connectivity index (χ1v) is 8.51. The second-order valence-corrected chi connectivity index (χ2v) is 8.20. The van der Waals surface area contributed by atoms with Crippen molar-refractivity contribution in [3.63, 3.8) is 0 Å². The van der Waals surface area contributed by atoms with E-state index in [2.05, 4.69) is 0 Å². The molecule has 0 atom stereocenters. The summed E-state index contributed by atoms with van der Waals surface area (Å²) in [5, 5.41) is 0. The molecular weight excluding hydrogens is 218 g/mol. The highest BCUT2D eigenvalue weighted by atomic mass is 14.7. The van der Waals surface area contributed by atoms with E-state index in [1.807, 2.05) is 0 Å². The van der Waals surface area contributed by atoms with Gasteiger partial charge in [-0.1, -0.05) is 12.8 Å². The lowest BCUT2D eigenvalue weighted by atomic mass is 9.51. The second kappa shape index (κ2) is 4.23. The molecule has 5 aliphatic rings. The number of rotatable bonds is 3. The minimum absolute atomic E-state index is 0.245. The molecule has 0 unspecified atom stereocenters. The van der Waals surface area contributed by atoms with E-state index >= 15 is 0 Å². The lowest BCUT2D eigenvalue weighted by molar-refractivity contribution is -0.0421. The SMILES string of the molecule is NC1(CCC2C3CC4CC(C3)CC2C4)CCCC1. The monoisotopic (exact) mass is 247 g/mol. The fourth-order valence-corrected chi connectivity index (χ4v) is 6.29. The third kappa shape index (κ3) is 1.94. The van der Waals surface area contributed by atoms with E-state index in [9.17, 15) is 0 Å². The van der Waals surface area contributed by atoms with Crippen molar-refractivity contribution in [2.75, 3.05) is 0 Å². The molecule has 0 aromatic heterocycles. The molecule has 0 spiro atoms. The molecule has 1 heteroatoms. The lowest BCUT2D eigenvalue weighted by Gasteiger charge is -2.55. The second-order valence-electron chi connectivity index (χ2n) is 8.20. The van der Waals surface area contributed by atoms with Crippen LogP contribution in [0.15, 0.2) is 0 Å². The van der Waals surface area contributed by atoms with Gasteiger partial charge in [0.2, 0.25) is 0 Å². The zero-order valence-electron chi connectivity index (χ0n) is 11.7. The largest absolute Gasteiger partial charge is 0.325 e. The van der Waals surface area contributed by atoms with Gasteiger partial charge in [-0.05, 0) is 87.4 Å². The Hall–Kier alpha value is -0.0400. The van der Waals surface area contributed by atoms with Crippen LogP contribution < -0.4 is 5.73 Å². The molecular formula is C17H29N. The molecule has 5 rings (SSSR count). The third-order valence-electron chi connectivity index (χ3n) is 7.00. The Morgan fingerprint density at radius 3 is 1.94 bits per heavy atom. The molecule has 0 aromatic rings. The van der Waals surface area contributed by atoms with Gasteiger partial charge in [-0.3, -0.25) is 0 Å². The van der Waals surface area contributed by atoms with Crippen molar-refractivity contribution in [1.29, 1.82) is 0 Å². The van der Waals surface area contributed by atoms with Crippen LogP contribution in [0, 0.1) is 29.6 Å². The van der Waals surface area contributed by atoms with E-state index in [1.54, 1.807) is 32.1 Å². The summed E-state index contributed by atoms with van der Waals surface area (Å²) >= 11 is 0. The maximum atomic E-state index is 6.56. The van der Waals surface area contributed by atoms with Crippen LogP contribution in [0.3, 0.4) is 0 Å². The minimum Gasteiger partial charge on any atom is -0.325 e. The van der Waals surface area contributed by atoms with Crippen molar-refractivity contribution in [1.82, 2.24) is 0 Å². The standard InChI is InChI=1S/C17H29N/c18-17(4-1-2-5-17)6-3-16-14-8-12-7-13(10-14)11-15(16)9-12/h12-16H,1-11,18H2. The Morgan fingerprint density at radius 2 is 1.39 bits per heavy atom. The van der Waals surface area contributed by atoms with Crippen LogP contribution >= 0.6 is 0 Å². The highest BCUT2D eigenvalue weighted by Gasteiger charge is 2.48. The van der Waals surface area contributed by atoms with Gasteiger partial charge in [0.05, 0.1) is 0 Å². The van der Waals surface area contributed by atoms with E-state index < -0.39 is 0 Å². The fourth-order valence-electron chi connectivity index (χ4n) is 6.29. The van der Waals surface area contributed by atoms with Crippen LogP contribution in [0.25, 0.3) is 0 Å². The van der Waals surface area contributed by atoms with Crippen LogP contribution in [0.2, 0.25) is 0 Å². The van der Waals surface area contributed by atoms with Crippen LogP contribution in [0.4, 0.5) is 0 Å². The maximum Gasteiger partial charge on any atom is 0.0154 e. The molecule has 1 nitrogen and oxygen atoms in total. The molecule has 0 amide bonds. The van der Waals surface area contributed by atoms with Gasteiger partial charge in [-0.15, -0.1) is 0 Å². The molecule has 0 aliphatic heterocycles. The van der Waals surface area contributed by atoms with E-state index in [0.29, 0.717) is 0 Å². The Kier molecular flexibility index (Phi) is 2.76. The summed E-state index contributed by atoms with van der Waals surface area (Å²) < 4.78 is 0. The van der Waals surface area contributed by atoms with Gasteiger partial charge in [-0.25, -0.2) is 0 Å². The van der Waals surface area contributed by atoms with E-state index in [-0.39, 0.29) is 5.54 Å². The number of hydrogen-bond donors (Lipinski definition) is 1. The molecule has 0 saturated heterocycles. The maximum absolute atomic E-state index is 6.56. The first kappa shape index (κ1) is 11.8. The normalized spacial score (nSPS) is 48.8. The average Bonchev–Trinajstić information content (AvgIpc) is 2.75. The molecule has 5 saturated carbocycles. The minimum atomic E-state index is 0.245. The lowest BCUT2D eigenvalue weighted by Crippen LogP contribution is -2.46. The molecule has 5 aliphatic carbocycles. The van der Waals surface area contributed by atoms with Gasteiger partial charge in [-0.2, -0.15) is 0 Å². The summed E-state index contributed by atoms with van der Waals surface area (Å²) in [7, 11) is 0. The average molecular weight is 247 g/mol. The molecule has 4 bridgehead atoms. The van der Waals surface area contributed by atoms with Crippen LogP contribution in [0.1, 0.15) is 70.6 Å². The van der Waals surface area contributed by atoms with Gasteiger partial charge >= 0.3 is 0 Å². The Balaban J connectivity index is 1.40. The Labute approximate surface area is 112 Å². The highest BCUT2D eigenvalue weighted by molar-refractivity contribution is 4.99. The molecule has 18 heavy (non-hydrogen) atoms. The predicted octanol–water partition coefficient (Wildman–Crippen LogP) is 4.11. The zero-order chi connectivity index (χ0) is 12.2. The quantitative estimate of drug-likeness (QED) is 0.798. The predicted molar refractivity (Wildman–Crippen MR) is 75.2 cm³/mol. The molecule has 102 valence electrons. The molecule has 5 fully saturated rings. The zero-order valence-corrected chi connectivity index (χ0v) is 11.7. The van der Waals surface area contributed by atoms with E-state index in [1.165, 1.54) is 38.5 Å². The van der Waals surface area contributed by atoms with Crippen LogP contribution in [0.5, 0.6) is 0 Å². The van der Waals surface area contributed by atoms with Crippen molar-refractivity contribution in [3.05, 3.63) is 0 Å². The summed E-state index contributed by atoms with van der Waals surface area (Å²) in [5.74, 6) is 5.53. The van der Waals surface area contributed by atoms with Crippen molar-refractivity contribution in [2.45, 2.75) is 76.2 Å².